The molecule has 0 unspecified atom stereocenters. The number of hydrogen-bond donors (Lipinski definition) is 1. The molecule has 1 N–H and O–H groups in total. The lowest BCUT2D eigenvalue weighted by atomic mass is 9.78. The van der Waals surface area contributed by atoms with Gasteiger partial charge in [-0.05, 0) is 63.1 Å². The third-order valence-electron chi connectivity index (χ3n) is 5.17. The van der Waals surface area contributed by atoms with Crippen molar-refractivity contribution in [3.8, 4) is 0 Å². The number of nitrogens with zero attached hydrogens (tertiary/aromatic N) is 1. The molecule has 1 spiro atoms. The van der Waals surface area contributed by atoms with Crippen LogP contribution in [0.25, 0.3) is 0 Å². The summed E-state index contributed by atoms with van der Waals surface area (Å²) < 4.78 is 0. The maximum Gasteiger partial charge on any atom is 0.00395 e. The lowest BCUT2D eigenvalue weighted by Gasteiger charge is -2.34. The van der Waals surface area contributed by atoms with Gasteiger partial charge in [-0.25, -0.2) is 0 Å². The lowest BCUT2D eigenvalue weighted by molar-refractivity contribution is 0.185. The molecule has 0 aromatic heterocycles. The minimum atomic E-state index is 0.712. The third kappa shape index (κ3) is 2.28. The molecule has 0 aromatic rings. The molecule has 2 saturated heterocycles. The van der Waals surface area contributed by atoms with Crippen molar-refractivity contribution < 1.29 is 0 Å². The van der Waals surface area contributed by atoms with Crippen molar-refractivity contribution in [3.05, 3.63) is 0 Å². The van der Waals surface area contributed by atoms with Crippen molar-refractivity contribution in [2.45, 2.75) is 44.9 Å². The monoisotopic (exact) mass is 222 g/mol. The summed E-state index contributed by atoms with van der Waals surface area (Å²) >= 11 is 0. The predicted octanol–water partition coefficient (Wildman–Crippen LogP) is 2.25. The predicted molar refractivity (Wildman–Crippen MR) is 67.6 cm³/mol. The summed E-state index contributed by atoms with van der Waals surface area (Å²) in [6.45, 7) is 6.73. The Kier molecular flexibility index (Phi) is 3.21. The normalized spacial score (nSPS) is 31.5. The van der Waals surface area contributed by atoms with Gasteiger partial charge in [0.1, 0.15) is 0 Å². The van der Waals surface area contributed by atoms with Gasteiger partial charge in [0.25, 0.3) is 0 Å². The van der Waals surface area contributed by atoms with Gasteiger partial charge in [0, 0.05) is 13.1 Å². The van der Waals surface area contributed by atoms with Crippen LogP contribution in [-0.4, -0.2) is 37.6 Å². The molecular formula is C14H26N2. The molecule has 0 amide bonds. The Morgan fingerprint density at radius 3 is 2.56 bits per heavy atom. The molecule has 16 heavy (non-hydrogen) atoms. The molecule has 2 heterocycles. The molecule has 3 aliphatic rings. The van der Waals surface area contributed by atoms with Crippen molar-refractivity contribution in [2.75, 3.05) is 32.7 Å². The van der Waals surface area contributed by atoms with Gasteiger partial charge in [0.15, 0.2) is 0 Å². The number of likely N-dealkylation sites (tertiary alicyclic amines) is 1. The van der Waals surface area contributed by atoms with Crippen LogP contribution in [0.5, 0.6) is 0 Å². The summed E-state index contributed by atoms with van der Waals surface area (Å²) in [5.74, 6) is 1.04. The van der Waals surface area contributed by atoms with Gasteiger partial charge < -0.3 is 10.2 Å². The Morgan fingerprint density at radius 1 is 1.06 bits per heavy atom. The second kappa shape index (κ2) is 4.66. The number of hydrogen-bond acceptors (Lipinski definition) is 2. The molecule has 3 fully saturated rings. The van der Waals surface area contributed by atoms with Crippen LogP contribution in [0.2, 0.25) is 0 Å². The second-order valence-corrected chi connectivity index (χ2v) is 6.39. The van der Waals surface area contributed by atoms with Crippen LogP contribution in [0, 0.1) is 11.3 Å². The van der Waals surface area contributed by atoms with E-state index < -0.39 is 0 Å². The van der Waals surface area contributed by atoms with Gasteiger partial charge in [-0.1, -0.05) is 12.8 Å². The highest BCUT2D eigenvalue weighted by atomic mass is 15.2. The summed E-state index contributed by atoms with van der Waals surface area (Å²) in [6.07, 6.45) is 10.3. The first-order valence-electron chi connectivity index (χ1n) is 7.29. The number of rotatable bonds is 2. The molecule has 0 aromatic carbocycles. The SMILES string of the molecule is C1CCC(CN2CCC3(CCNCC3)C2)C1. The first kappa shape index (κ1) is 11.0. The van der Waals surface area contributed by atoms with Crippen molar-refractivity contribution >= 4 is 0 Å². The molecule has 2 heteroatoms. The fourth-order valence-electron chi connectivity index (χ4n) is 4.11. The van der Waals surface area contributed by atoms with Crippen molar-refractivity contribution in [1.82, 2.24) is 10.2 Å². The van der Waals surface area contributed by atoms with Crippen LogP contribution in [0.3, 0.4) is 0 Å². The van der Waals surface area contributed by atoms with E-state index in [4.69, 9.17) is 0 Å². The smallest absolute Gasteiger partial charge is 0.00395 e. The Morgan fingerprint density at radius 2 is 1.81 bits per heavy atom. The van der Waals surface area contributed by atoms with E-state index >= 15 is 0 Å². The van der Waals surface area contributed by atoms with Crippen LogP contribution in [0.15, 0.2) is 0 Å². The zero-order valence-electron chi connectivity index (χ0n) is 10.5. The van der Waals surface area contributed by atoms with Crippen LogP contribution < -0.4 is 5.32 Å². The zero-order chi connectivity index (χ0) is 10.8. The van der Waals surface area contributed by atoms with Gasteiger partial charge in [-0.2, -0.15) is 0 Å². The Balaban J connectivity index is 1.51. The standard InChI is InChI=1S/C14H26N2/c1-2-4-13(3-1)11-16-10-7-14(12-16)5-8-15-9-6-14/h13,15H,1-12H2. The number of nitrogens with one attached hydrogen (secondary N) is 1. The first-order chi connectivity index (χ1) is 7.86. The fourth-order valence-corrected chi connectivity index (χ4v) is 4.11. The molecule has 1 saturated carbocycles. The average molecular weight is 222 g/mol. The summed E-state index contributed by atoms with van der Waals surface area (Å²) in [5.41, 5.74) is 0.712. The molecule has 0 radical (unpaired) electrons. The average Bonchev–Trinajstić information content (AvgIpc) is 2.92. The third-order valence-corrected chi connectivity index (χ3v) is 5.17. The largest absolute Gasteiger partial charge is 0.317 e. The van der Waals surface area contributed by atoms with Gasteiger partial charge in [0.2, 0.25) is 0 Å². The minimum Gasteiger partial charge on any atom is -0.317 e. The van der Waals surface area contributed by atoms with E-state index in [9.17, 15) is 0 Å². The Bertz CT molecular complexity index is 227. The molecule has 2 nitrogen and oxygen atoms in total. The quantitative estimate of drug-likeness (QED) is 0.771. The number of piperidine rings is 1. The van der Waals surface area contributed by atoms with E-state index in [-0.39, 0.29) is 0 Å². The minimum absolute atomic E-state index is 0.712. The van der Waals surface area contributed by atoms with E-state index in [1.807, 2.05) is 0 Å². The van der Waals surface area contributed by atoms with Gasteiger partial charge in [-0.3, -0.25) is 0 Å². The van der Waals surface area contributed by atoms with E-state index in [0.29, 0.717) is 5.41 Å². The van der Waals surface area contributed by atoms with Crippen molar-refractivity contribution in [1.29, 1.82) is 0 Å². The lowest BCUT2D eigenvalue weighted by Crippen LogP contribution is -2.39. The first-order valence-corrected chi connectivity index (χ1v) is 7.29. The highest BCUT2D eigenvalue weighted by molar-refractivity contribution is 4.93. The second-order valence-electron chi connectivity index (χ2n) is 6.39. The van der Waals surface area contributed by atoms with Crippen LogP contribution in [-0.2, 0) is 0 Å². The van der Waals surface area contributed by atoms with Crippen molar-refractivity contribution in [2.24, 2.45) is 11.3 Å². The fraction of sp³-hybridized carbons (Fsp3) is 1.00. The summed E-state index contributed by atoms with van der Waals surface area (Å²) in [6, 6.07) is 0. The molecule has 0 atom stereocenters. The Hall–Kier alpha value is -0.0800. The highest BCUT2D eigenvalue weighted by Gasteiger charge is 2.39. The van der Waals surface area contributed by atoms with Crippen LogP contribution >= 0.6 is 0 Å². The van der Waals surface area contributed by atoms with E-state index in [1.165, 1.54) is 77.7 Å². The van der Waals surface area contributed by atoms with E-state index in [2.05, 4.69) is 10.2 Å². The summed E-state index contributed by atoms with van der Waals surface area (Å²) in [4.78, 5) is 2.78. The molecule has 0 bridgehead atoms. The Labute approximate surface area is 99.8 Å². The molecule has 1 aliphatic carbocycles. The van der Waals surface area contributed by atoms with Crippen LogP contribution in [0.4, 0.5) is 0 Å². The zero-order valence-corrected chi connectivity index (χ0v) is 10.5. The highest BCUT2D eigenvalue weighted by Crippen LogP contribution is 2.39. The van der Waals surface area contributed by atoms with E-state index in [1.54, 1.807) is 0 Å². The van der Waals surface area contributed by atoms with Crippen LogP contribution in [0.1, 0.15) is 44.9 Å². The van der Waals surface area contributed by atoms with Crippen molar-refractivity contribution in [3.63, 3.8) is 0 Å². The van der Waals surface area contributed by atoms with Gasteiger partial charge in [-0.15, -0.1) is 0 Å². The molecular weight excluding hydrogens is 196 g/mol. The van der Waals surface area contributed by atoms with Gasteiger partial charge >= 0.3 is 0 Å². The summed E-state index contributed by atoms with van der Waals surface area (Å²) in [5, 5.41) is 3.51. The van der Waals surface area contributed by atoms with E-state index in [0.717, 1.165) is 5.92 Å². The molecule has 2 aliphatic heterocycles. The maximum atomic E-state index is 3.51. The topological polar surface area (TPSA) is 15.3 Å². The molecule has 92 valence electrons. The maximum absolute atomic E-state index is 3.51. The van der Waals surface area contributed by atoms with Gasteiger partial charge in [0.05, 0.1) is 0 Å². The summed E-state index contributed by atoms with van der Waals surface area (Å²) in [7, 11) is 0. The molecule has 3 rings (SSSR count).